The van der Waals surface area contributed by atoms with Gasteiger partial charge in [0, 0.05) is 11.3 Å². The first-order valence-electron chi connectivity index (χ1n) is 6.05. The topological polar surface area (TPSA) is 67.4 Å². The first kappa shape index (κ1) is 13.6. The highest BCUT2D eigenvalue weighted by Crippen LogP contribution is 2.05. The summed E-state index contributed by atoms with van der Waals surface area (Å²) in [6.07, 6.45) is -0.753. The molecular weight excluding hydrogens is 256 g/mol. The zero-order valence-corrected chi connectivity index (χ0v) is 10.9. The minimum Gasteiger partial charge on any atom is -0.321 e. The van der Waals surface area contributed by atoms with Gasteiger partial charge in [0.2, 0.25) is 0 Å². The molecule has 0 aliphatic carbocycles. The lowest BCUT2D eigenvalue weighted by molar-refractivity contribution is 0.0615. The molecule has 102 valence electrons. The van der Waals surface area contributed by atoms with E-state index in [9.17, 15) is 9.59 Å². The molecule has 0 atom stereocenters. The number of para-hydroxylation sites is 1. The zero-order chi connectivity index (χ0) is 14.4. The van der Waals surface area contributed by atoms with E-state index in [0.29, 0.717) is 11.3 Å². The third kappa shape index (κ3) is 3.84. The maximum absolute atomic E-state index is 11.7. The molecule has 0 heterocycles. The van der Waals surface area contributed by atoms with E-state index in [1.54, 1.807) is 48.5 Å². The Morgan fingerprint density at radius 2 is 1.60 bits per heavy atom. The maximum Gasteiger partial charge on any atom is 0.436 e. The zero-order valence-electron chi connectivity index (χ0n) is 10.9. The maximum atomic E-state index is 11.7. The summed E-state index contributed by atoms with van der Waals surface area (Å²) in [6.45, 7) is 1.92. The van der Waals surface area contributed by atoms with Crippen molar-refractivity contribution in [1.82, 2.24) is 5.48 Å². The van der Waals surface area contributed by atoms with Gasteiger partial charge in [-0.05, 0) is 31.2 Å². The quantitative estimate of drug-likeness (QED) is 0.824. The molecule has 0 spiro atoms. The molecule has 0 aliphatic rings. The SMILES string of the molecule is Cc1ccc(C(=O)NOC(=O)Nc2ccccc2)cc1. The van der Waals surface area contributed by atoms with Gasteiger partial charge in [0.25, 0.3) is 5.91 Å². The molecule has 0 aliphatic heterocycles. The molecule has 0 radical (unpaired) electrons. The van der Waals surface area contributed by atoms with Crippen molar-refractivity contribution < 1.29 is 14.4 Å². The Labute approximate surface area is 116 Å². The van der Waals surface area contributed by atoms with Gasteiger partial charge in [-0.25, -0.2) is 4.79 Å². The molecule has 0 aromatic heterocycles. The molecule has 0 fully saturated rings. The Hall–Kier alpha value is -2.82. The first-order valence-corrected chi connectivity index (χ1v) is 6.05. The van der Waals surface area contributed by atoms with E-state index in [4.69, 9.17) is 0 Å². The van der Waals surface area contributed by atoms with E-state index in [-0.39, 0.29) is 0 Å². The molecule has 5 nitrogen and oxygen atoms in total. The minimum absolute atomic E-state index is 0.420. The van der Waals surface area contributed by atoms with E-state index in [1.807, 2.05) is 13.0 Å². The van der Waals surface area contributed by atoms with Crippen LogP contribution in [0.3, 0.4) is 0 Å². The van der Waals surface area contributed by atoms with Crippen molar-refractivity contribution in [3.8, 4) is 0 Å². The van der Waals surface area contributed by atoms with Crippen LogP contribution >= 0.6 is 0 Å². The molecule has 2 rings (SSSR count). The van der Waals surface area contributed by atoms with E-state index >= 15 is 0 Å². The highest BCUT2D eigenvalue weighted by atomic mass is 16.7. The number of hydrogen-bond acceptors (Lipinski definition) is 3. The fraction of sp³-hybridized carbons (Fsp3) is 0.0667. The standard InChI is InChI=1S/C15H14N2O3/c1-11-7-9-12(10-8-11)14(18)17-20-15(19)16-13-5-3-2-4-6-13/h2-10H,1H3,(H,16,19)(H,17,18). The fourth-order valence-corrected chi connectivity index (χ4v) is 1.52. The van der Waals surface area contributed by atoms with Crippen LogP contribution < -0.4 is 10.8 Å². The van der Waals surface area contributed by atoms with Gasteiger partial charge in [-0.3, -0.25) is 10.1 Å². The van der Waals surface area contributed by atoms with E-state index in [2.05, 4.69) is 15.6 Å². The minimum atomic E-state index is -0.753. The second kappa shape index (κ2) is 6.38. The van der Waals surface area contributed by atoms with Crippen molar-refractivity contribution in [2.24, 2.45) is 0 Å². The Morgan fingerprint density at radius 1 is 0.950 bits per heavy atom. The summed E-state index contributed by atoms with van der Waals surface area (Å²) in [5, 5.41) is 2.48. The molecule has 20 heavy (non-hydrogen) atoms. The summed E-state index contributed by atoms with van der Waals surface area (Å²) in [5.74, 6) is -0.479. The smallest absolute Gasteiger partial charge is 0.321 e. The van der Waals surface area contributed by atoms with Gasteiger partial charge in [0.05, 0.1) is 0 Å². The number of aryl methyl sites for hydroxylation is 1. The van der Waals surface area contributed by atoms with Gasteiger partial charge in [-0.1, -0.05) is 35.9 Å². The van der Waals surface area contributed by atoms with Crippen LogP contribution in [0.5, 0.6) is 0 Å². The van der Waals surface area contributed by atoms with Gasteiger partial charge >= 0.3 is 6.09 Å². The highest BCUT2D eigenvalue weighted by Gasteiger charge is 2.08. The number of hydrogen-bond donors (Lipinski definition) is 2. The van der Waals surface area contributed by atoms with Crippen LogP contribution in [0.1, 0.15) is 15.9 Å². The van der Waals surface area contributed by atoms with Gasteiger partial charge in [-0.2, -0.15) is 5.48 Å². The third-order valence-corrected chi connectivity index (χ3v) is 2.57. The number of carbonyl (C=O) groups is 2. The number of carbonyl (C=O) groups excluding carboxylic acids is 2. The summed E-state index contributed by atoms with van der Waals surface area (Å²) in [6, 6.07) is 15.7. The normalized spacial score (nSPS) is 9.65. The summed E-state index contributed by atoms with van der Waals surface area (Å²) >= 11 is 0. The number of amides is 2. The van der Waals surface area contributed by atoms with Crippen LogP contribution in [0.4, 0.5) is 10.5 Å². The van der Waals surface area contributed by atoms with Crippen molar-refractivity contribution in [3.63, 3.8) is 0 Å². The largest absolute Gasteiger partial charge is 0.436 e. The third-order valence-electron chi connectivity index (χ3n) is 2.57. The number of rotatable bonds is 2. The van der Waals surface area contributed by atoms with Crippen molar-refractivity contribution in [3.05, 3.63) is 65.7 Å². The van der Waals surface area contributed by atoms with E-state index < -0.39 is 12.0 Å². The first-order chi connectivity index (χ1) is 9.65. The average Bonchev–Trinajstić information content (AvgIpc) is 2.46. The average molecular weight is 270 g/mol. The van der Waals surface area contributed by atoms with Crippen molar-refractivity contribution in [2.75, 3.05) is 5.32 Å². The number of anilines is 1. The predicted octanol–water partition coefficient (Wildman–Crippen LogP) is 2.89. The molecular formula is C15H14N2O3. The number of nitrogens with one attached hydrogen (secondary N) is 2. The van der Waals surface area contributed by atoms with Gasteiger partial charge in [0.1, 0.15) is 0 Å². The summed E-state index contributed by atoms with van der Waals surface area (Å²) in [7, 11) is 0. The lowest BCUT2D eigenvalue weighted by Crippen LogP contribution is -2.29. The van der Waals surface area contributed by atoms with Crippen LogP contribution in [0.2, 0.25) is 0 Å². The van der Waals surface area contributed by atoms with Crippen molar-refractivity contribution >= 4 is 17.7 Å². The van der Waals surface area contributed by atoms with Crippen LogP contribution in [-0.4, -0.2) is 12.0 Å². The van der Waals surface area contributed by atoms with Gasteiger partial charge in [-0.15, -0.1) is 0 Å². The van der Waals surface area contributed by atoms with Crippen molar-refractivity contribution in [2.45, 2.75) is 6.92 Å². The summed E-state index contributed by atoms with van der Waals surface area (Å²) in [5.41, 5.74) is 4.14. The monoisotopic (exact) mass is 270 g/mol. The lowest BCUT2D eigenvalue weighted by atomic mass is 10.1. The number of benzene rings is 2. The Kier molecular flexibility index (Phi) is 4.34. The van der Waals surface area contributed by atoms with E-state index in [1.165, 1.54) is 0 Å². The van der Waals surface area contributed by atoms with Gasteiger partial charge < -0.3 is 4.84 Å². The van der Waals surface area contributed by atoms with Crippen LogP contribution in [0.25, 0.3) is 0 Å². The van der Waals surface area contributed by atoms with Crippen LogP contribution in [0.15, 0.2) is 54.6 Å². The Bertz CT molecular complexity index is 594. The molecule has 2 aromatic carbocycles. The number of hydroxylamine groups is 1. The molecule has 5 heteroatoms. The van der Waals surface area contributed by atoms with Crippen LogP contribution in [0, 0.1) is 6.92 Å². The highest BCUT2D eigenvalue weighted by molar-refractivity contribution is 5.94. The predicted molar refractivity (Wildman–Crippen MR) is 75.2 cm³/mol. The molecule has 0 saturated heterocycles. The molecule has 2 amide bonds. The molecule has 0 saturated carbocycles. The van der Waals surface area contributed by atoms with Crippen molar-refractivity contribution in [1.29, 1.82) is 0 Å². The van der Waals surface area contributed by atoms with Crippen LogP contribution in [-0.2, 0) is 4.84 Å². The summed E-state index contributed by atoms with van der Waals surface area (Å²) < 4.78 is 0. The molecule has 2 aromatic rings. The molecule has 0 unspecified atom stereocenters. The second-order valence-corrected chi connectivity index (χ2v) is 4.18. The van der Waals surface area contributed by atoms with E-state index in [0.717, 1.165) is 5.56 Å². The molecule has 2 N–H and O–H groups in total. The fourth-order valence-electron chi connectivity index (χ4n) is 1.52. The summed E-state index contributed by atoms with van der Waals surface area (Å²) in [4.78, 5) is 27.8. The Morgan fingerprint density at radius 3 is 2.25 bits per heavy atom. The Balaban J connectivity index is 1.84. The lowest BCUT2D eigenvalue weighted by Gasteiger charge is -2.07. The molecule has 0 bridgehead atoms. The second-order valence-electron chi connectivity index (χ2n) is 4.18. The van der Waals surface area contributed by atoms with Gasteiger partial charge in [0.15, 0.2) is 0 Å².